The first-order valence-electron chi connectivity index (χ1n) is 0.565. The predicted octanol–water partition coefficient (Wildman–Crippen LogP) is -4.47. The molecule has 0 unspecified atom stereocenters. The molecule has 0 aliphatic rings. The molecule has 9 nitrogen and oxygen atoms in total. The molecule has 11 N–H and O–H groups in total. The van der Waals surface area contributed by atoms with Gasteiger partial charge in [-0.15, -0.1) is 10.1 Å². The summed E-state index contributed by atoms with van der Waals surface area (Å²) in [6, 6.07) is 0. The fourth-order valence-electron chi connectivity index (χ4n) is 0. The molecular weight excluding hydrogens is 282 g/mol. The van der Waals surface area contributed by atoms with Crippen LogP contribution in [0.3, 0.4) is 0 Å². The van der Waals surface area contributed by atoms with Gasteiger partial charge < -0.3 is 32.6 Å². The van der Waals surface area contributed by atoms with Crippen LogP contribution >= 0.6 is 0 Å². The normalized spacial score (nSPS) is 2.40. The maximum absolute atomic E-state index is 8.36. The van der Waals surface area contributed by atoms with Crippen LogP contribution in [0.4, 0.5) is 0 Å². The van der Waals surface area contributed by atoms with E-state index in [1.54, 1.807) is 0 Å². The molecule has 0 saturated heterocycles. The first kappa shape index (κ1) is 80.0. The summed E-state index contributed by atoms with van der Waals surface area (Å²) in [7, 11) is 0. The Morgan fingerprint density at radius 1 is 1.00 bits per heavy atom. The van der Waals surface area contributed by atoms with Crippen molar-refractivity contribution >= 4 is 0 Å². The first-order chi connectivity index (χ1) is 1.73. The van der Waals surface area contributed by atoms with E-state index in [9.17, 15) is 0 Å². The molecule has 0 rings (SSSR count). The monoisotopic (exact) mass is 293 g/mol. The first-order valence-corrected chi connectivity index (χ1v) is 0.565. The van der Waals surface area contributed by atoms with Gasteiger partial charge in [-0.05, 0) is 0 Å². The Balaban J connectivity index is -0.00000000300. The Bertz CT molecular complexity index is 32.2. The SMILES string of the molecule is O.O.O.O.O.O=[N+]([O-])O.[Ce]. The summed E-state index contributed by atoms with van der Waals surface area (Å²) in [5, 5.41) is 13.6. The van der Waals surface area contributed by atoms with E-state index in [-0.39, 0.29) is 69.1 Å². The third kappa shape index (κ3) is 3210. The second kappa shape index (κ2) is 57.7. The van der Waals surface area contributed by atoms with Crippen LogP contribution in [0.15, 0.2) is 0 Å². The molecule has 0 aliphatic heterocycles. The minimum absolute atomic E-state index is 0. The Hall–Kier alpha value is 0.377. The summed E-state index contributed by atoms with van der Waals surface area (Å²) in [6.45, 7) is 0. The molecule has 0 saturated carbocycles. The molecule has 0 heterocycles. The smallest absolute Gasteiger partial charge is 0.291 e. The van der Waals surface area contributed by atoms with Gasteiger partial charge in [-0.25, -0.2) is 0 Å². The van der Waals surface area contributed by atoms with Crippen molar-refractivity contribution in [1.29, 1.82) is 0 Å². The zero-order valence-corrected chi connectivity index (χ0v) is 7.85. The molecule has 10 heavy (non-hydrogen) atoms. The van der Waals surface area contributed by atoms with Gasteiger partial charge >= 0.3 is 0 Å². The molecule has 0 atom stereocenters. The van der Waals surface area contributed by atoms with Gasteiger partial charge in [-0.1, -0.05) is 0 Å². The predicted molar refractivity (Wildman–Crippen MR) is 26.8 cm³/mol. The summed E-state index contributed by atoms with van der Waals surface area (Å²) < 4.78 is 0. The van der Waals surface area contributed by atoms with E-state index in [1.807, 2.05) is 0 Å². The Labute approximate surface area is 89.1 Å². The quantitative estimate of drug-likeness (QED) is 0.345. The second-order valence-electron chi connectivity index (χ2n) is 0.238. The minimum Gasteiger partial charge on any atom is -0.412 e. The van der Waals surface area contributed by atoms with Crippen LogP contribution in [0.1, 0.15) is 0 Å². The molecule has 0 spiro atoms. The molecule has 68 valence electrons. The fourth-order valence-corrected chi connectivity index (χ4v) is 0. The number of hydrogen-bond donors (Lipinski definition) is 1. The maximum atomic E-state index is 8.36. The standard InChI is InChI=1S/Ce.HNO3.5H2O/c;2-1(3)4;;;;;/h;(H,2,3,4);5*1H2. The molecule has 0 aromatic rings. The molecular formula is H11CeNO8. The third-order valence-electron chi connectivity index (χ3n) is 0. The van der Waals surface area contributed by atoms with Gasteiger partial charge in [-0.2, -0.15) is 0 Å². The van der Waals surface area contributed by atoms with Gasteiger partial charge in [0.1, 0.15) is 0 Å². The van der Waals surface area contributed by atoms with E-state index in [4.69, 9.17) is 15.3 Å². The van der Waals surface area contributed by atoms with Gasteiger partial charge in [0.2, 0.25) is 0 Å². The Morgan fingerprint density at radius 3 is 1.00 bits per heavy atom. The Morgan fingerprint density at radius 2 is 1.00 bits per heavy atom. The number of nitrogens with zero attached hydrogens (tertiary/aromatic N) is 1. The third-order valence-corrected chi connectivity index (χ3v) is 0. The van der Waals surface area contributed by atoms with Crippen molar-refractivity contribution in [2.24, 2.45) is 0 Å². The zero-order chi connectivity index (χ0) is 3.58. The molecule has 10 heteroatoms. The topological polar surface area (TPSA) is 221 Å². The molecule has 0 aliphatic carbocycles. The summed E-state index contributed by atoms with van der Waals surface area (Å²) >= 11 is 0. The zero-order valence-electron chi connectivity index (χ0n) is 4.71. The molecule has 0 aromatic heterocycles. The van der Waals surface area contributed by atoms with Gasteiger partial charge in [0.05, 0.1) is 0 Å². The van der Waals surface area contributed by atoms with Crippen molar-refractivity contribution in [2.45, 2.75) is 0 Å². The largest absolute Gasteiger partial charge is 0.412 e. The van der Waals surface area contributed by atoms with E-state index in [2.05, 4.69) is 0 Å². The van der Waals surface area contributed by atoms with Crippen LogP contribution in [0.2, 0.25) is 0 Å². The van der Waals surface area contributed by atoms with Crippen molar-refractivity contribution in [1.82, 2.24) is 0 Å². The van der Waals surface area contributed by atoms with Crippen molar-refractivity contribution in [3.8, 4) is 0 Å². The molecule has 0 aromatic carbocycles. The average molecular weight is 293 g/mol. The summed E-state index contributed by atoms with van der Waals surface area (Å²) in [4.78, 5) is 8.36. The van der Waals surface area contributed by atoms with Gasteiger partial charge in [0.15, 0.2) is 0 Å². The Kier molecular flexibility index (Phi) is 462. The molecule has 0 fully saturated rings. The van der Waals surface area contributed by atoms with Crippen molar-refractivity contribution < 1.29 is 79.4 Å². The summed E-state index contributed by atoms with van der Waals surface area (Å²) in [5.74, 6) is 0. The average Bonchev–Trinajstić information content (AvgIpc) is 0.811. The summed E-state index contributed by atoms with van der Waals surface area (Å²) in [5.41, 5.74) is 0. The van der Waals surface area contributed by atoms with E-state index in [1.165, 1.54) is 0 Å². The van der Waals surface area contributed by atoms with Crippen LogP contribution in [0, 0.1) is 51.9 Å². The van der Waals surface area contributed by atoms with Crippen molar-refractivity contribution in [3.63, 3.8) is 0 Å². The van der Waals surface area contributed by atoms with Crippen LogP contribution in [0.25, 0.3) is 0 Å². The number of hydrogen-bond acceptors (Lipinski definition) is 2. The van der Waals surface area contributed by atoms with Crippen LogP contribution in [-0.2, 0) is 0 Å². The maximum Gasteiger partial charge on any atom is 0.291 e. The second-order valence-corrected chi connectivity index (χ2v) is 0.238. The van der Waals surface area contributed by atoms with Gasteiger partial charge in [0, 0.05) is 41.7 Å². The van der Waals surface area contributed by atoms with Crippen LogP contribution in [0.5, 0.6) is 0 Å². The fraction of sp³-hybridized carbons (Fsp3) is 0. The number of rotatable bonds is 0. The van der Waals surface area contributed by atoms with Crippen LogP contribution in [-0.4, -0.2) is 37.7 Å². The summed E-state index contributed by atoms with van der Waals surface area (Å²) in [6.07, 6.45) is 0. The van der Waals surface area contributed by atoms with E-state index >= 15 is 0 Å². The molecule has 0 radical (unpaired) electrons. The van der Waals surface area contributed by atoms with E-state index in [0.29, 0.717) is 0 Å². The molecule has 0 bridgehead atoms. The van der Waals surface area contributed by atoms with E-state index in [0.717, 1.165) is 0 Å². The van der Waals surface area contributed by atoms with Gasteiger partial charge in [-0.3, -0.25) is 0 Å². The van der Waals surface area contributed by atoms with Crippen molar-refractivity contribution in [3.05, 3.63) is 10.1 Å². The molecule has 0 amide bonds. The van der Waals surface area contributed by atoms with Crippen LogP contribution < -0.4 is 0 Å². The minimum atomic E-state index is -1.50. The van der Waals surface area contributed by atoms with Gasteiger partial charge in [0.25, 0.3) is 5.09 Å². The van der Waals surface area contributed by atoms with E-state index < -0.39 is 5.09 Å². The van der Waals surface area contributed by atoms with Crippen molar-refractivity contribution in [2.75, 3.05) is 0 Å².